The summed E-state index contributed by atoms with van der Waals surface area (Å²) in [7, 11) is 2.90. The van der Waals surface area contributed by atoms with Gasteiger partial charge in [-0.1, -0.05) is 6.92 Å². The van der Waals surface area contributed by atoms with E-state index in [4.69, 9.17) is 23.4 Å². The van der Waals surface area contributed by atoms with Crippen LogP contribution in [0.2, 0.25) is 0 Å². The van der Waals surface area contributed by atoms with Crippen molar-refractivity contribution >= 4 is 39.2 Å². The van der Waals surface area contributed by atoms with Gasteiger partial charge in [-0.25, -0.2) is 4.79 Å². The Labute approximate surface area is 228 Å². The molecule has 39 heavy (non-hydrogen) atoms. The van der Waals surface area contributed by atoms with E-state index in [2.05, 4.69) is 12.2 Å². The number of hydrogen-bond donors (Lipinski definition) is 1. The van der Waals surface area contributed by atoms with Crippen LogP contribution in [0.1, 0.15) is 34.1 Å². The van der Waals surface area contributed by atoms with E-state index in [1.165, 1.54) is 30.8 Å². The molecule has 1 aliphatic carbocycles. The topological polar surface area (TPSA) is 113 Å². The maximum Gasteiger partial charge on any atom is 0.341 e. The first-order valence-electron chi connectivity index (χ1n) is 12.4. The molecule has 0 spiro atoms. The first-order valence-corrected chi connectivity index (χ1v) is 13.2. The molecule has 1 N–H and O–H groups in total. The van der Waals surface area contributed by atoms with Gasteiger partial charge in [-0.2, -0.15) is 0 Å². The largest absolute Gasteiger partial charge is 0.497 e. The lowest BCUT2D eigenvalue weighted by atomic mass is 9.88. The molecule has 0 aliphatic heterocycles. The zero-order valence-electron chi connectivity index (χ0n) is 21.7. The minimum absolute atomic E-state index is 0.0372. The molecule has 0 bridgehead atoms. The highest BCUT2D eigenvalue weighted by Gasteiger charge is 2.29. The molecule has 1 amide bonds. The molecule has 9 nitrogen and oxygen atoms in total. The van der Waals surface area contributed by atoms with Crippen molar-refractivity contribution in [1.29, 1.82) is 0 Å². The number of nitrogens with one attached hydrogen (secondary N) is 1. The number of thiophene rings is 1. The van der Waals surface area contributed by atoms with Gasteiger partial charge in [0.25, 0.3) is 5.91 Å². The van der Waals surface area contributed by atoms with Crippen LogP contribution in [0.4, 0.5) is 5.00 Å². The summed E-state index contributed by atoms with van der Waals surface area (Å²) in [5.74, 6) is 1.15. The zero-order valence-corrected chi connectivity index (χ0v) is 22.5. The quantitative estimate of drug-likeness (QED) is 0.283. The SMILES string of the molecule is COC(=O)c1c(NC(=O)COc2ccc3c(=O)c(Oc4ccc(OC)cc4)coc3c2)sc2c1CCC(C)C2. The monoisotopic (exact) mass is 549 g/mol. The number of rotatable bonds is 8. The maximum absolute atomic E-state index is 12.9. The van der Waals surface area contributed by atoms with Gasteiger partial charge in [-0.15, -0.1) is 11.3 Å². The highest BCUT2D eigenvalue weighted by Crippen LogP contribution is 2.40. The molecule has 0 saturated carbocycles. The van der Waals surface area contributed by atoms with Gasteiger partial charge in [-0.05, 0) is 67.1 Å². The molecular weight excluding hydrogens is 522 g/mol. The van der Waals surface area contributed by atoms with Crippen molar-refractivity contribution in [2.75, 3.05) is 26.1 Å². The molecule has 0 saturated heterocycles. The summed E-state index contributed by atoms with van der Waals surface area (Å²) in [5, 5.41) is 3.59. The molecule has 1 aliphatic rings. The van der Waals surface area contributed by atoms with E-state index in [0.29, 0.717) is 39.1 Å². The molecule has 0 radical (unpaired) electrons. The van der Waals surface area contributed by atoms with E-state index < -0.39 is 11.9 Å². The third-order valence-corrected chi connectivity index (χ3v) is 7.70. The second-order valence-electron chi connectivity index (χ2n) is 9.25. The van der Waals surface area contributed by atoms with Crippen molar-refractivity contribution in [1.82, 2.24) is 0 Å². The molecule has 5 rings (SSSR count). The van der Waals surface area contributed by atoms with Gasteiger partial charge in [-0.3, -0.25) is 9.59 Å². The molecular formula is C29H27NO8S. The van der Waals surface area contributed by atoms with Crippen molar-refractivity contribution in [3.63, 3.8) is 0 Å². The van der Waals surface area contributed by atoms with Crippen LogP contribution in [-0.2, 0) is 22.4 Å². The Bertz CT molecular complexity index is 1590. The second kappa shape index (κ2) is 11.2. The molecule has 2 aromatic carbocycles. The van der Waals surface area contributed by atoms with Gasteiger partial charge in [0.2, 0.25) is 11.2 Å². The fourth-order valence-electron chi connectivity index (χ4n) is 4.49. The first kappa shape index (κ1) is 26.3. The summed E-state index contributed by atoms with van der Waals surface area (Å²) >= 11 is 1.41. The van der Waals surface area contributed by atoms with Crippen molar-refractivity contribution in [3.8, 4) is 23.0 Å². The van der Waals surface area contributed by atoms with Crippen LogP contribution < -0.4 is 25.0 Å². The fraction of sp³-hybridized carbons (Fsp3) is 0.276. The standard InChI is InChI=1S/C29H27NO8S/c1-16-4-10-21-24(12-16)39-28(26(21)29(33)35-3)30-25(31)15-36-19-9-11-20-22(13-19)37-14-23(27(20)32)38-18-7-5-17(34-2)6-8-18/h5-9,11,13-14,16H,4,10,12,15H2,1-3H3,(H,30,31). The number of amides is 1. The molecule has 10 heteroatoms. The number of benzene rings is 2. The summed E-state index contributed by atoms with van der Waals surface area (Å²) < 4.78 is 27.0. The lowest BCUT2D eigenvalue weighted by molar-refractivity contribution is -0.118. The van der Waals surface area contributed by atoms with Crippen LogP contribution in [0.25, 0.3) is 11.0 Å². The Hall–Kier alpha value is -4.31. The fourth-order valence-corrected chi connectivity index (χ4v) is 5.91. The summed E-state index contributed by atoms with van der Waals surface area (Å²) in [5.41, 5.74) is 1.33. The number of carbonyl (C=O) groups is 2. The second-order valence-corrected chi connectivity index (χ2v) is 10.4. The third kappa shape index (κ3) is 5.61. The molecule has 1 unspecified atom stereocenters. The van der Waals surface area contributed by atoms with E-state index in [-0.39, 0.29) is 23.4 Å². The van der Waals surface area contributed by atoms with Gasteiger partial charge in [0, 0.05) is 10.9 Å². The zero-order chi connectivity index (χ0) is 27.5. The van der Waals surface area contributed by atoms with Gasteiger partial charge < -0.3 is 28.7 Å². The average Bonchev–Trinajstić information content (AvgIpc) is 3.29. The molecule has 202 valence electrons. The van der Waals surface area contributed by atoms with Gasteiger partial charge in [0.15, 0.2) is 6.61 Å². The summed E-state index contributed by atoms with van der Waals surface area (Å²) in [6, 6.07) is 11.5. The van der Waals surface area contributed by atoms with Gasteiger partial charge in [0.1, 0.15) is 34.1 Å². The van der Waals surface area contributed by atoms with Crippen molar-refractivity contribution < 1.29 is 33.0 Å². The highest BCUT2D eigenvalue weighted by atomic mass is 32.1. The van der Waals surface area contributed by atoms with E-state index in [9.17, 15) is 14.4 Å². The summed E-state index contributed by atoms with van der Waals surface area (Å²) in [6.07, 6.45) is 3.86. The Morgan fingerprint density at radius 2 is 1.82 bits per heavy atom. The lowest BCUT2D eigenvalue weighted by Crippen LogP contribution is -2.21. The number of anilines is 1. The number of hydrogen-bond acceptors (Lipinski definition) is 9. The number of carbonyl (C=O) groups excluding carboxylic acids is 2. The predicted molar refractivity (Wildman–Crippen MR) is 147 cm³/mol. The maximum atomic E-state index is 12.9. The molecule has 4 aromatic rings. The molecule has 2 heterocycles. The smallest absolute Gasteiger partial charge is 0.341 e. The number of ether oxygens (including phenoxy) is 4. The van der Waals surface area contributed by atoms with Crippen LogP contribution in [0.5, 0.6) is 23.0 Å². The van der Waals surface area contributed by atoms with E-state index in [1.807, 2.05) is 0 Å². The molecule has 1 atom stereocenters. The van der Waals surface area contributed by atoms with Crippen molar-refractivity contribution in [2.45, 2.75) is 26.2 Å². The highest BCUT2D eigenvalue weighted by molar-refractivity contribution is 7.17. The van der Waals surface area contributed by atoms with Crippen LogP contribution >= 0.6 is 11.3 Å². The van der Waals surface area contributed by atoms with E-state index >= 15 is 0 Å². The van der Waals surface area contributed by atoms with Crippen LogP contribution in [-0.4, -0.2) is 32.7 Å². The Balaban J connectivity index is 1.27. The first-order chi connectivity index (χ1) is 18.9. The minimum Gasteiger partial charge on any atom is -0.497 e. The van der Waals surface area contributed by atoms with Crippen LogP contribution in [0.3, 0.4) is 0 Å². The number of fused-ring (bicyclic) bond motifs is 2. The predicted octanol–water partition coefficient (Wildman–Crippen LogP) is 5.58. The van der Waals surface area contributed by atoms with E-state index in [1.54, 1.807) is 43.5 Å². The normalized spacial score (nSPS) is 14.4. The lowest BCUT2D eigenvalue weighted by Gasteiger charge is -2.18. The minimum atomic E-state index is -0.460. The molecule has 2 aromatic heterocycles. The average molecular weight is 550 g/mol. The Kier molecular flexibility index (Phi) is 7.56. The summed E-state index contributed by atoms with van der Waals surface area (Å²) in [4.78, 5) is 39.2. The van der Waals surface area contributed by atoms with Crippen molar-refractivity contribution in [3.05, 3.63) is 75.0 Å². The number of methoxy groups -OCH3 is 2. The van der Waals surface area contributed by atoms with Crippen LogP contribution in [0.15, 0.2) is 57.9 Å². The van der Waals surface area contributed by atoms with Gasteiger partial charge >= 0.3 is 5.97 Å². The van der Waals surface area contributed by atoms with Gasteiger partial charge in [0.05, 0.1) is 25.2 Å². The van der Waals surface area contributed by atoms with Crippen LogP contribution in [0, 0.1) is 5.92 Å². The molecule has 0 fully saturated rings. The Morgan fingerprint density at radius 1 is 1.08 bits per heavy atom. The van der Waals surface area contributed by atoms with Crippen molar-refractivity contribution in [2.24, 2.45) is 5.92 Å². The van der Waals surface area contributed by atoms with E-state index in [0.717, 1.165) is 29.7 Å². The number of esters is 1. The summed E-state index contributed by atoms with van der Waals surface area (Å²) in [6.45, 7) is 1.88. The third-order valence-electron chi connectivity index (χ3n) is 6.53. The Morgan fingerprint density at radius 3 is 2.56 bits per heavy atom.